The summed E-state index contributed by atoms with van der Waals surface area (Å²) < 4.78 is 1.37. The van der Waals surface area contributed by atoms with Gasteiger partial charge >= 0.3 is 7.12 Å². The molecular formula is C22H29BClN5O5. The Balaban J connectivity index is 1.74. The van der Waals surface area contributed by atoms with Crippen LogP contribution >= 0.6 is 11.6 Å². The fourth-order valence-corrected chi connectivity index (χ4v) is 4.11. The summed E-state index contributed by atoms with van der Waals surface area (Å²) >= 11 is 6.03. The average Bonchev–Trinajstić information content (AvgIpc) is 3.35. The van der Waals surface area contributed by atoms with E-state index in [9.17, 15) is 19.6 Å². The maximum Gasteiger partial charge on any atom is 0.475 e. The van der Waals surface area contributed by atoms with Gasteiger partial charge in [0.1, 0.15) is 5.69 Å². The van der Waals surface area contributed by atoms with Crippen LogP contribution in [0.1, 0.15) is 42.7 Å². The van der Waals surface area contributed by atoms with Crippen molar-refractivity contribution in [3.8, 4) is 0 Å². The molecule has 10 nitrogen and oxygen atoms in total. The Hall–Kier alpha value is -2.89. The van der Waals surface area contributed by atoms with Crippen LogP contribution in [0.2, 0.25) is 5.02 Å². The zero-order valence-electron chi connectivity index (χ0n) is 19.4. The van der Waals surface area contributed by atoms with E-state index in [4.69, 9.17) is 16.4 Å². The lowest BCUT2D eigenvalue weighted by atomic mass is 9.74. The number of hydrogen-bond acceptors (Lipinski definition) is 7. The molecule has 1 unspecified atom stereocenters. The second-order valence-electron chi connectivity index (χ2n) is 8.85. The van der Waals surface area contributed by atoms with Crippen molar-refractivity contribution in [2.24, 2.45) is 18.1 Å². The largest absolute Gasteiger partial charge is 0.475 e. The highest BCUT2D eigenvalue weighted by Crippen LogP contribution is 2.29. The summed E-state index contributed by atoms with van der Waals surface area (Å²) in [6.07, 6.45) is 2.08. The molecule has 2 atom stereocenters. The molecule has 12 heteroatoms. The summed E-state index contributed by atoms with van der Waals surface area (Å²) in [5, 5.41) is 33.2. The number of oxime groups is 1. The molecule has 0 saturated carbocycles. The smallest absolute Gasteiger partial charge is 0.426 e. The Kier molecular flexibility index (Phi) is 8.35. The molecular weight excluding hydrogens is 461 g/mol. The lowest BCUT2D eigenvalue weighted by Crippen LogP contribution is -2.56. The highest BCUT2D eigenvalue weighted by molar-refractivity contribution is 6.43. The Bertz CT molecular complexity index is 1030. The van der Waals surface area contributed by atoms with E-state index in [0.717, 1.165) is 5.56 Å². The van der Waals surface area contributed by atoms with Gasteiger partial charge in [0.25, 0.3) is 11.8 Å². The van der Waals surface area contributed by atoms with Gasteiger partial charge in [0, 0.05) is 19.9 Å². The Morgan fingerprint density at radius 2 is 2.00 bits per heavy atom. The summed E-state index contributed by atoms with van der Waals surface area (Å²) in [6, 6.07) is 9.32. The van der Waals surface area contributed by atoms with Gasteiger partial charge < -0.3 is 25.5 Å². The lowest BCUT2D eigenvalue weighted by molar-refractivity contribution is -0.144. The van der Waals surface area contributed by atoms with Gasteiger partial charge in [-0.1, -0.05) is 60.9 Å². The van der Waals surface area contributed by atoms with Gasteiger partial charge in [-0.3, -0.25) is 14.3 Å². The Labute approximate surface area is 203 Å². The fourth-order valence-electron chi connectivity index (χ4n) is 3.86. The Morgan fingerprint density at radius 3 is 2.59 bits per heavy atom. The van der Waals surface area contributed by atoms with Crippen molar-refractivity contribution in [1.82, 2.24) is 20.4 Å². The lowest BCUT2D eigenvalue weighted by Gasteiger charge is -2.29. The number of nitrogens with one attached hydrogen (secondary N) is 2. The first-order valence-electron chi connectivity index (χ1n) is 11.0. The Morgan fingerprint density at radius 1 is 1.29 bits per heavy atom. The number of aryl methyl sites for hydroxylation is 1. The number of rotatable bonds is 10. The minimum absolute atomic E-state index is 0.0439. The topological polar surface area (TPSA) is 138 Å². The number of carbonyl (C=O) groups excluding carboxylic acids is 2. The van der Waals surface area contributed by atoms with E-state index in [1.165, 1.54) is 10.9 Å². The van der Waals surface area contributed by atoms with E-state index in [0.29, 0.717) is 12.1 Å². The van der Waals surface area contributed by atoms with Crippen LogP contribution in [0, 0.1) is 5.92 Å². The van der Waals surface area contributed by atoms with Crippen LogP contribution in [0.15, 0.2) is 41.7 Å². The molecule has 0 saturated heterocycles. The molecule has 1 aromatic heterocycles. The molecule has 0 aliphatic carbocycles. The van der Waals surface area contributed by atoms with Crippen LogP contribution in [-0.2, 0) is 23.1 Å². The number of benzene rings is 1. The average molecular weight is 490 g/mol. The minimum atomic E-state index is -1.72. The quantitative estimate of drug-likeness (QED) is 0.369. The number of nitrogens with zero attached hydrogens (tertiary/aromatic N) is 3. The van der Waals surface area contributed by atoms with Crippen molar-refractivity contribution in [2.45, 2.75) is 44.7 Å². The normalized spacial score (nSPS) is 18.3. The molecule has 0 fully saturated rings. The van der Waals surface area contributed by atoms with Crippen molar-refractivity contribution in [3.05, 3.63) is 52.8 Å². The van der Waals surface area contributed by atoms with E-state index in [1.807, 2.05) is 44.2 Å². The third-order valence-electron chi connectivity index (χ3n) is 5.55. The second kappa shape index (κ2) is 11.0. The monoisotopic (exact) mass is 489 g/mol. The number of aromatic nitrogens is 2. The van der Waals surface area contributed by atoms with Gasteiger partial charge in [-0.2, -0.15) is 5.10 Å². The summed E-state index contributed by atoms with van der Waals surface area (Å²) in [4.78, 5) is 31.6. The van der Waals surface area contributed by atoms with Gasteiger partial charge in [0.05, 0.1) is 29.4 Å². The molecule has 0 radical (unpaired) electrons. The third kappa shape index (κ3) is 6.16. The third-order valence-corrected chi connectivity index (χ3v) is 5.83. The maximum atomic E-state index is 13.4. The van der Waals surface area contributed by atoms with Crippen LogP contribution in [0.3, 0.4) is 0 Å². The van der Waals surface area contributed by atoms with Gasteiger partial charge in [-0.05, 0) is 17.9 Å². The molecule has 0 bridgehead atoms. The predicted octanol–water partition coefficient (Wildman–Crippen LogP) is 1.10. The minimum Gasteiger partial charge on any atom is -0.426 e. The molecule has 182 valence electrons. The standard InChI is InChI=1S/C22H29BClN5O5/c1-14(2)9-18(23(32)33)27-21(31)22(10-15-7-5-4-6-8-15)11-16(28-34-22)12-25-20(30)19-17(24)13-26-29(19)3/h4-8,13-14,18,32-33H,9-12H2,1-3H3,(H,25,30)(H,27,31)/t18-,22?/m0/s1. The van der Waals surface area contributed by atoms with E-state index in [1.54, 1.807) is 7.05 Å². The van der Waals surface area contributed by atoms with E-state index < -0.39 is 30.5 Å². The predicted molar refractivity (Wildman–Crippen MR) is 128 cm³/mol. The number of amides is 2. The van der Waals surface area contributed by atoms with Gasteiger partial charge in [0.15, 0.2) is 0 Å². The highest BCUT2D eigenvalue weighted by Gasteiger charge is 2.48. The van der Waals surface area contributed by atoms with Crippen LogP contribution in [-0.4, -0.2) is 62.6 Å². The number of carbonyl (C=O) groups is 2. The van der Waals surface area contributed by atoms with E-state index in [2.05, 4.69) is 20.9 Å². The molecule has 3 rings (SSSR count). The summed E-state index contributed by atoms with van der Waals surface area (Å²) in [7, 11) is -0.111. The number of hydrogen-bond donors (Lipinski definition) is 4. The van der Waals surface area contributed by atoms with Gasteiger partial charge in [0.2, 0.25) is 5.60 Å². The van der Waals surface area contributed by atoms with Crippen molar-refractivity contribution in [3.63, 3.8) is 0 Å². The van der Waals surface area contributed by atoms with Crippen LogP contribution in [0.25, 0.3) is 0 Å². The van der Waals surface area contributed by atoms with Crippen molar-refractivity contribution in [2.75, 3.05) is 6.54 Å². The molecule has 2 heterocycles. The number of halogens is 1. The fraction of sp³-hybridized carbons (Fsp3) is 0.455. The zero-order chi connectivity index (χ0) is 24.9. The molecule has 4 N–H and O–H groups in total. The first kappa shape index (κ1) is 25.7. The van der Waals surface area contributed by atoms with E-state index >= 15 is 0 Å². The van der Waals surface area contributed by atoms with Crippen molar-refractivity contribution < 1.29 is 24.5 Å². The van der Waals surface area contributed by atoms with Crippen LogP contribution < -0.4 is 10.6 Å². The molecule has 2 aromatic rings. The maximum absolute atomic E-state index is 13.4. The van der Waals surface area contributed by atoms with Crippen molar-refractivity contribution >= 4 is 36.2 Å². The summed E-state index contributed by atoms with van der Waals surface area (Å²) in [5.74, 6) is -1.67. The SMILES string of the molecule is CC(C)C[C@H](NC(=O)C1(Cc2ccccc2)CC(CNC(=O)c2c(Cl)cnn2C)=NO1)B(O)O. The first-order chi connectivity index (χ1) is 16.1. The highest BCUT2D eigenvalue weighted by atomic mass is 35.5. The summed E-state index contributed by atoms with van der Waals surface area (Å²) in [5.41, 5.74) is 0.130. The van der Waals surface area contributed by atoms with Crippen LogP contribution in [0.5, 0.6) is 0 Å². The molecule has 1 aromatic carbocycles. The zero-order valence-corrected chi connectivity index (χ0v) is 20.1. The second-order valence-corrected chi connectivity index (χ2v) is 9.26. The molecule has 2 amide bonds. The van der Waals surface area contributed by atoms with Gasteiger partial charge in [-0.15, -0.1) is 0 Å². The summed E-state index contributed by atoms with van der Waals surface area (Å²) in [6.45, 7) is 3.89. The van der Waals surface area contributed by atoms with Gasteiger partial charge in [-0.25, -0.2) is 0 Å². The van der Waals surface area contributed by atoms with E-state index in [-0.39, 0.29) is 36.0 Å². The first-order valence-corrected chi connectivity index (χ1v) is 11.4. The molecule has 34 heavy (non-hydrogen) atoms. The molecule has 1 aliphatic rings. The van der Waals surface area contributed by atoms with Crippen molar-refractivity contribution in [1.29, 1.82) is 0 Å². The van der Waals surface area contributed by atoms with Crippen LogP contribution in [0.4, 0.5) is 0 Å². The molecule has 1 aliphatic heterocycles. The molecule has 0 spiro atoms.